The Morgan fingerprint density at radius 2 is 1.84 bits per heavy atom. The van der Waals surface area contributed by atoms with Gasteiger partial charge in [0.25, 0.3) is 0 Å². The molecular weight excluding hydrogens is 472 g/mol. The summed E-state index contributed by atoms with van der Waals surface area (Å²) in [5, 5.41) is 45.5. The molecule has 9 nitrogen and oxygen atoms in total. The van der Waals surface area contributed by atoms with Crippen molar-refractivity contribution in [1.29, 1.82) is 5.26 Å². The first-order chi connectivity index (χ1) is 17.9. The van der Waals surface area contributed by atoms with Crippen molar-refractivity contribution < 1.29 is 24.8 Å². The molecule has 0 aromatic heterocycles. The van der Waals surface area contributed by atoms with E-state index in [0.29, 0.717) is 17.7 Å². The number of rotatable bonds is 8. The van der Waals surface area contributed by atoms with Gasteiger partial charge < -0.3 is 35.4 Å². The number of hydrogen-bond donors (Lipinski definition) is 5. The molecule has 5 N–H and O–H groups in total. The maximum absolute atomic E-state index is 10.1. The van der Waals surface area contributed by atoms with E-state index in [2.05, 4.69) is 58.5 Å². The van der Waals surface area contributed by atoms with Gasteiger partial charge in [-0.1, -0.05) is 24.8 Å². The maximum atomic E-state index is 10.1. The standard InChI is InChI=1S/C27H34N4O4.CH4O/c1-18(25(16-28)19(2)30-26-15-24(32)17-35-27(26)33)20-3-4-22-14-23(6-5-21(22)13-20)29-7-8-31-9-11-34-12-10-31;1-2/h3-6,13-14,24,26-27,29-30,32-33H,2,7-12,15,17H2,1H3;2H,1H3/b25-18+;. The van der Waals surface area contributed by atoms with Crippen LogP contribution in [-0.2, 0) is 9.47 Å². The molecule has 2 heterocycles. The first kappa shape index (κ1) is 28.6. The number of nitrogens with one attached hydrogen (secondary N) is 2. The lowest BCUT2D eigenvalue weighted by atomic mass is 9.96. The highest BCUT2D eigenvalue weighted by atomic mass is 16.6. The molecule has 37 heavy (non-hydrogen) atoms. The van der Waals surface area contributed by atoms with Crippen molar-refractivity contribution in [3.8, 4) is 6.07 Å². The summed E-state index contributed by atoms with van der Waals surface area (Å²) in [6, 6.07) is 14.1. The number of fused-ring (bicyclic) bond motifs is 1. The molecule has 2 fully saturated rings. The largest absolute Gasteiger partial charge is 0.400 e. The number of anilines is 1. The van der Waals surface area contributed by atoms with Crippen LogP contribution in [0.25, 0.3) is 16.3 Å². The average molecular weight is 511 g/mol. The van der Waals surface area contributed by atoms with Crippen molar-refractivity contribution in [2.45, 2.75) is 31.8 Å². The van der Waals surface area contributed by atoms with Crippen molar-refractivity contribution in [3.63, 3.8) is 0 Å². The van der Waals surface area contributed by atoms with Gasteiger partial charge in [0.2, 0.25) is 0 Å². The lowest BCUT2D eigenvalue weighted by Gasteiger charge is -2.32. The van der Waals surface area contributed by atoms with E-state index in [1.165, 1.54) is 0 Å². The minimum atomic E-state index is -1.06. The van der Waals surface area contributed by atoms with E-state index in [4.69, 9.17) is 14.6 Å². The number of aliphatic hydroxyl groups excluding tert-OH is 3. The molecule has 0 bridgehead atoms. The molecule has 3 unspecified atom stereocenters. The van der Waals surface area contributed by atoms with Crippen LogP contribution in [0.4, 0.5) is 5.69 Å². The van der Waals surface area contributed by atoms with Gasteiger partial charge in [-0.3, -0.25) is 4.90 Å². The summed E-state index contributed by atoms with van der Waals surface area (Å²) in [7, 11) is 1.00. The Hall–Kier alpha value is -2.97. The summed E-state index contributed by atoms with van der Waals surface area (Å²) in [5.74, 6) is 0. The number of benzene rings is 2. The molecule has 2 aliphatic heterocycles. The molecular formula is C28H38N4O5. The van der Waals surface area contributed by atoms with Crippen LogP contribution < -0.4 is 10.6 Å². The number of hydrogen-bond acceptors (Lipinski definition) is 9. The highest BCUT2D eigenvalue weighted by Gasteiger charge is 2.29. The van der Waals surface area contributed by atoms with E-state index >= 15 is 0 Å². The van der Waals surface area contributed by atoms with E-state index in [1.54, 1.807) is 0 Å². The second kappa shape index (κ2) is 14.1. The summed E-state index contributed by atoms with van der Waals surface area (Å²) in [5.41, 5.74) is 3.58. The van der Waals surface area contributed by atoms with Crippen LogP contribution in [0.5, 0.6) is 0 Å². The summed E-state index contributed by atoms with van der Waals surface area (Å²) >= 11 is 0. The van der Waals surface area contributed by atoms with E-state index in [9.17, 15) is 15.5 Å². The fraction of sp³-hybridized carbons (Fsp3) is 0.464. The van der Waals surface area contributed by atoms with Crippen molar-refractivity contribution in [1.82, 2.24) is 10.2 Å². The van der Waals surface area contributed by atoms with Gasteiger partial charge in [-0.25, -0.2) is 0 Å². The average Bonchev–Trinajstić information content (AvgIpc) is 2.92. The van der Waals surface area contributed by atoms with Crippen LogP contribution >= 0.6 is 0 Å². The third kappa shape index (κ3) is 7.76. The van der Waals surface area contributed by atoms with E-state index in [-0.39, 0.29) is 6.61 Å². The van der Waals surface area contributed by atoms with Gasteiger partial charge in [-0.15, -0.1) is 0 Å². The number of morpholine rings is 1. The fourth-order valence-corrected chi connectivity index (χ4v) is 4.52. The topological polar surface area (TPSA) is 130 Å². The minimum absolute atomic E-state index is 0.0913. The zero-order chi connectivity index (χ0) is 26.8. The van der Waals surface area contributed by atoms with Crippen LogP contribution in [-0.4, -0.2) is 91.8 Å². The van der Waals surface area contributed by atoms with Crippen molar-refractivity contribution in [2.24, 2.45) is 0 Å². The van der Waals surface area contributed by atoms with Crippen molar-refractivity contribution in [2.75, 3.05) is 58.4 Å². The van der Waals surface area contributed by atoms with Gasteiger partial charge in [0.15, 0.2) is 6.29 Å². The molecule has 2 saturated heterocycles. The fourth-order valence-electron chi connectivity index (χ4n) is 4.52. The SMILES string of the molecule is C=C(NC1CC(O)COC1O)/C(C#N)=C(\C)c1ccc2cc(NCCN3CCOCC3)ccc2c1.CO. The molecule has 9 heteroatoms. The van der Waals surface area contributed by atoms with Crippen molar-refractivity contribution in [3.05, 3.63) is 59.8 Å². The van der Waals surface area contributed by atoms with Crippen LogP contribution in [0, 0.1) is 11.3 Å². The Kier molecular flexibility index (Phi) is 10.9. The third-order valence-corrected chi connectivity index (χ3v) is 6.61. The Morgan fingerprint density at radius 3 is 2.57 bits per heavy atom. The van der Waals surface area contributed by atoms with E-state index in [1.807, 2.05) is 13.0 Å². The first-order valence-electron chi connectivity index (χ1n) is 12.5. The quantitative estimate of drug-likeness (QED) is 0.268. The normalized spacial score (nSPS) is 22.8. The molecule has 0 aliphatic carbocycles. The number of nitrogens with zero attached hydrogens (tertiary/aromatic N) is 2. The molecule has 2 aliphatic rings. The summed E-state index contributed by atoms with van der Waals surface area (Å²) < 4.78 is 10.6. The Bertz CT molecular complexity index is 1120. The predicted octanol–water partition coefficient (Wildman–Crippen LogP) is 2.06. The summed E-state index contributed by atoms with van der Waals surface area (Å²) in [6.07, 6.45) is -1.41. The molecule has 2 aromatic rings. The lowest BCUT2D eigenvalue weighted by Crippen LogP contribution is -2.48. The number of aliphatic hydroxyl groups is 3. The second-order valence-electron chi connectivity index (χ2n) is 9.11. The van der Waals surface area contributed by atoms with E-state index in [0.717, 1.165) is 74.1 Å². The maximum Gasteiger partial charge on any atom is 0.175 e. The van der Waals surface area contributed by atoms with Gasteiger partial charge in [0.1, 0.15) is 6.07 Å². The summed E-state index contributed by atoms with van der Waals surface area (Å²) in [4.78, 5) is 2.40. The van der Waals surface area contributed by atoms with Gasteiger partial charge in [0.05, 0.1) is 37.5 Å². The van der Waals surface area contributed by atoms with Crippen LogP contribution in [0.3, 0.4) is 0 Å². The third-order valence-electron chi connectivity index (χ3n) is 6.61. The monoisotopic (exact) mass is 510 g/mol. The van der Waals surface area contributed by atoms with Crippen molar-refractivity contribution >= 4 is 22.0 Å². The number of allylic oxidation sites excluding steroid dienone is 2. The Balaban J connectivity index is 0.00000186. The van der Waals surface area contributed by atoms with Gasteiger partial charge in [0, 0.05) is 51.1 Å². The molecule has 0 radical (unpaired) electrons. The molecule has 4 rings (SSSR count). The van der Waals surface area contributed by atoms with Crippen LogP contribution in [0.1, 0.15) is 18.9 Å². The number of ether oxygens (including phenoxy) is 2. The highest BCUT2D eigenvalue weighted by Crippen LogP contribution is 2.27. The minimum Gasteiger partial charge on any atom is -0.400 e. The molecule has 200 valence electrons. The second-order valence-corrected chi connectivity index (χ2v) is 9.11. The molecule has 3 atom stereocenters. The lowest BCUT2D eigenvalue weighted by molar-refractivity contribution is -0.171. The van der Waals surface area contributed by atoms with Gasteiger partial charge in [-0.05, 0) is 47.0 Å². The molecule has 0 saturated carbocycles. The Morgan fingerprint density at radius 1 is 1.14 bits per heavy atom. The molecule has 0 amide bonds. The summed E-state index contributed by atoms with van der Waals surface area (Å²) in [6.45, 7) is 11.4. The van der Waals surface area contributed by atoms with Crippen LogP contribution in [0.15, 0.2) is 54.2 Å². The highest BCUT2D eigenvalue weighted by molar-refractivity contribution is 5.89. The van der Waals surface area contributed by atoms with Crippen LogP contribution in [0.2, 0.25) is 0 Å². The molecule has 2 aromatic carbocycles. The van der Waals surface area contributed by atoms with Gasteiger partial charge in [-0.2, -0.15) is 5.26 Å². The van der Waals surface area contributed by atoms with E-state index < -0.39 is 18.4 Å². The Labute approximate surface area is 218 Å². The first-order valence-corrected chi connectivity index (χ1v) is 12.5. The smallest absolute Gasteiger partial charge is 0.175 e. The van der Waals surface area contributed by atoms with Gasteiger partial charge >= 0.3 is 0 Å². The zero-order valence-electron chi connectivity index (χ0n) is 21.6. The molecule has 0 spiro atoms. The predicted molar refractivity (Wildman–Crippen MR) is 145 cm³/mol. The zero-order valence-corrected chi connectivity index (χ0v) is 21.6. The number of nitriles is 1.